The third-order valence-corrected chi connectivity index (χ3v) is 5.56. The Labute approximate surface area is 179 Å². The highest BCUT2D eigenvalue weighted by molar-refractivity contribution is 6.43. The van der Waals surface area contributed by atoms with E-state index in [1.807, 2.05) is 6.92 Å². The predicted molar refractivity (Wildman–Crippen MR) is 110 cm³/mol. The summed E-state index contributed by atoms with van der Waals surface area (Å²) >= 11 is 0. The number of carbonyl (C=O) groups excluding carboxylic acids is 3. The standard InChI is InChI=1S/C22H23FN4O4/c1-12-17(19(28)21(30)26-22(3)7-8-31-11-22)13(2)27(4)18(12)20(29)25-15-5-6-16(23)14(9-15)10-24/h5-6,9H,7-8,11H2,1-4H3,(H,25,29)(H,26,30). The number of hydrogen-bond acceptors (Lipinski definition) is 5. The fourth-order valence-electron chi connectivity index (χ4n) is 3.72. The van der Waals surface area contributed by atoms with Gasteiger partial charge in [-0.05, 0) is 51.0 Å². The Morgan fingerprint density at radius 2 is 2.00 bits per heavy atom. The minimum atomic E-state index is -0.756. The van der Waals surface area contributed by atoms with Gasteiger partial charge in [0, 0.05) is 25.0 Å². The quantitative estimate of drug-likeness (QED) is 0.563. The van der Waals surface area contributed by atoms with Gasteiger partial charge in [-0.2, -0.15) is 5.26 Å². The normalized spacial score (nSPS) is 17.8. The summed E-state index contributed by atoms with van der Waals surface area (Å²) in [6.45, 7) is 5.89. The Bertz CT molecular complexity index is 1120. The molecule has 2 aromatic rings. The third kappa shape index (κ3) is 4.20. The number of benzene rings is 1. The molecule has 0 spiro atoms. The van der Waals surface area contributed by atoms with Gasteiger partial charge in [0.05, 0.1) is 23.3 Å². The largest absolute Gasteiger partial charge is 0.379 e. The van der Waals surface area contributed by atoms with Gasteiger partial charge in [-0.25, -0.2) is 4.39 Å². The molecule has 0 saturated carbocycles. The number of hydrogen-bond donors (Lipinski definition) is 2. The lowest BCUT2D eigenvalue weighted by atomic mass is 9.99. The van der Waals surface area contributed by atoms with Crippen LogP contribution in [0.2, 0.25) is 0 Å². The van der Waals surface area contributed by atoms with Crippen LogP contribution in [0.25, 0.3) is 0 Å². The van der Waals surface area contributed by atoms with E-state index in [0.717, 1.165) is 6.07 Å². The van der Waals surface area contributed by atoms with Crippen LogP contribution in [0, 0.1) is 31.0 Å². The molecule has 1 fully saturated rings. The molecule has 2 amide bonds. The average molecular weight is 426 g/mol. The third-order valence-electron chi connectivity index (χ3n) is 5.56. The maximum Gasteiger partial charge on any atom is 0.292 e. The van der Waals surface area contributed by atoms with Crippen LogP contribution in [0.1, 0.15) is 51.0 Å². The van der Waals surface area contributed by atoms with Crippen molar-refractivity contribution in [2.75, 3.05) is 18.5 Å². The molecule has 1 saturated heterocycles. The Hall–Kier alpha value is -3.51. The van der Waals surface area contributed by atoms with Gasteiger partial charge in [0.15, 0.2) is 0 Å². The highest BCUT2D eigenvalue weighted by Gasteiger charge is 2.35. The van der Waals surface area contributed by atoms with Crippen molar-refractivity contribution in [3.05, 3.63) is 52.1 Å². The number of ether oxygens (including phenoxy) is 1. The van der Waals surface area contributed by atoms with Crippen molar-refractivity contribution >= 4 is 23.3 Å². The van der Waals surface area contributed by atoms with Crippen molar-refractivity contribution in [1.82, 2.24) is 9.88 Å². The molecule has 3 rings (SSSR count). The van der Waals surface area contributed by atoms with Gasteiger partial charge in [-0.15, -0.1) is 0 Å². The summed E-state index contributed by atoms with van der Waals surface area (Å²) in [7, 11) is 1.61. The second-order valence-corrected chi connectivity index (χ2v) is 7.90. The van der Waals surface area contributed by atoms with Gasteiger partial charge in [0.2, 0.25) is 0 Å². The van der Waals surface area contributed by atoms with Crippen LogP contribution in [0.15, 0.2) is 18.2 Å². The molecule has 2 heterocycles. The first kappa shape index (κ1) is 22.2. The molecule has 2 N–H and O–H groups in total. The number of amides is 2. The molecule has 162 valence electrons. The minimum absolute atomic E-state index is 0.157. The van der Waals surface area contributed by atoms with Gasteiger partial charge in [-0.3, -0.25) is 14.4 Å². The highest BCUT2D eigenvalue weighted by atomic mass is 19.1. The van der Waals surface area contributed by atoms with Crippen molar-refractivity contribution in [3.8, 4) is 6.07 Å². The maximum atomic E-state index is 13.5. The molecule has 8 nitrogen and oxygen atoms in total. The lowest BCUT2D eigenvalue weighted by Crippen LogP contribution is -2.49. The smallest absolute Gasteiger partial charge is 0.292 e. The number of anilines is 1. The van der Waals surface area contributed by atoms with Gasteiger partial charge in [0.1, 0.15) is 17.6 Å². The van der Waals surface area contributed by atoms with E-state index in [2.05, 4.69) is 10.6 Å². The Morgan fingerprint density at radius 1 is 1.29 bits per heavy atom. The van der Waals surface area contributed by atoms with Crippen LogP contribution in [0.5, 0.6) is 0 Å². The van der Waals surface area contributed by atoms with E-state index in [-0.39, 0.29) is 22.5 Å². The number of Topliss-reactive ketones (excluding diaryl/α,β-unsaturated/α-hetero) is 1. The van der Waals surface area contributed by atoms with E-state index >= 15 is 0 Å². The number of ketones is 1. The van der Waals surface area contributed by atoms with Crippen molar-refractivity contribution in [1.29, 1.82) is 5.26 Å². The molecule has 1 aliphatic rings. The van der Waals surface area contributed by atoms with Gasteiger partial charge in [0.25, 0.3) is 17.6 Å². The second kappa shape index (κ2) is 8.32. The number of nitrogens with zero attached hydrogens (tertiary/aromatic N) is 2. The number of aromatic nitrogens is 1. The summed E-state index contributed by atoms with van der Waals surface area (Å²) < 4.78 is 20.4. The first-order chi connectivity index (χ1) is 14.6. The van der Waals surface area contributed by atoms with E-state index in [0.29, 0.717) is 30.9 Å². The number of nitrogens with one attached hydrogen (secondary N) is 2. The van der Waals surface area contributed by atoms with E-state index in [1.165, 1.54) is 16.7 Å². The molecule has 1 aromatic carbocycles. The van der Waals surface area contributed by atoms with Gasteiger partial charge in [-0.1, -0.05) is 0 Å². The summed E-state index contributed by atoms with van der Waals surface area (Å²) in [5.41, 5.74) is 0.595. The van der Waals surface area contributed by atoms with Crippen molar-refractivity contribution in [2.24, 2.45) is 7.05 Å². The van der Waals surface area contributed by atoms with E-state index in [9.17, 15) is 18.8 Å². The lowest BCUT2D eigenvalue weighted by Gasteiger charge is -2.23. The van der Waals surface area contributed by atoms with Crippen molar-refractivity contribution in [3.63, 3.8) is 0 Å². The SMILES string of the molecule is Cc1c(C(=O)C(=O)NC2(C)CCOC2)c(C)n(C)c1C(=O)Nc1ccc(F)c(C#N)c1. The zero-order valence-electron chi connectivity index (χ0n) is 17.8. The highest BCUT2D eigenvalue weighted by Crippen LogP contribution is 2.24. The van der Waals surface area contributed by atoms with E-state index in [1.54, 1.807) is 27.0 Å². The van der Waals surface area contributed by atoms with Crippen LogP contribution < -0.4 is 10.6 Å². The van der Waals surface area contributed by atoms with Gasteiger partial charge < -0.3 is 19.9 Å². The zero-order valence-corrected chi connectivity index (χ0v) is 17.8. The van der Waals surface area contributed by atoms with Crippen LogP contribution >= 0.6 is 0 Å². The molecule has 9 heteroatoms. The second-order valence-electron chi connectivity index (χ2n) is 7.90. The average Bonchev–Trinajstić information content (AvgIpc) is 3.23. The molecule has 1 unspecified atom stereocenters. The molecular formula is C22H23FN4O4. The molecule has 0 aliphatic carbocycles. The zero-order chi connectivity index (χ0) is 22.9. The Morgan fingerprint density at radius 3 is 2.61 bits per heavy atom. The predicted octanol–water partition coefficient (Wildman–Crippen LogP) is 2.38. The van der Waals surface area contributed by atoms with Crippen LogP contribution in [0.4, 0.5) is 10.1 Å². The van der Waals surface area contributed by atoms with Crippen molar-refractivity contribution < 1.29 is 23.5 Å². The summed E-state index contributed by atoms with van der Waals surface area (Å²) in [4.78, 5) is 38.4. The fraction of sp³-hybridized carbons (Fsp3) is 0.364. The van der Waals surface area contributed by atoms with Crippen LogP contribution in [-0.2, 0) is 16.6 Å². The molecule has 1 aromatic heterocycles. The van der Waals surface area contributed by atoms with Crippen LogP contribution in [0.3, 0.4) is 0 Å². The van der Waals surface area contributed by atoms with Gasteiger partial charge >= 0.3 is 0 Å². The molecule has 0 bridgehead atoms. The summed E-state index contributed by atoms with van der Waals surface area (Å²) in [6, 6.07) is 5.36. The Balaban J connectivity index is 1.87. The molecule has 31 heavy (non-hydrogen) atoms. The topological polar surface area (TPSA) is 113 Å². The number of rotatable bonds is 5. The first-order valence-corrected chi connectivity index (χ1v) is 9.69. The molecule has 0 radical (unpaired) electrons. The summed E-state index contributed by atoms with van der Waals surface area (Å²) in [5.74, 6) is -2.72. The number of halogens is 1. The first-order valence-electron chi connectivity index (χ1n) is 9.69. The summed E-state index contributed by atoms with van der Waals surface area (Å²) in [5, 5.41) is 14.3. The maximum absolute atomic E-state index is 13.5. The minimum Gasteiger partial charge on any atom is -0.379 e. The van der Waals surface area contributed by atoms with E-state index < -0.39 is 29.0 Å². The number of carbonyl (C=O) groups is 3. The lowest BCUT2D eigenvalue weighted by molar-refractivity contribution is -0.118. The fourth-order valence-corrected chi connectivity index (χ4v) is 3.72. The molecule has 1 atom stereocenters. The Kier molecular flexibility index (Phi) is 5.95. The number of nitriles is 1. The van der Waals surface area contributed by atoms with Crippen LogP contribution in [-0.4, -0.2) is 40.9 Å². The molecule has 1 aliphatic heterocycles. The summed E-state index contributed by atoms with van der Waals surface area (Å²) in [6.07, 6.45) is 0.606. The molecular weight excluding hydrogens is 403 g/mol. The van der Waals surface area contributed by atoms with Crippen molar-refractivity contribution in [2.45, 2.75) is 32.7 Å². The van der Waals surface area contributed by atoms with E-state index in [4.69, 9.17) is 10.00 Å². The monoisotopic (exact) mass is 426 g/mol.